The number of rotatable bonds is 8. The van der Waals surface area contributed by atoms with Gasteiger partial charge in [-0.1, -0.05) is 26.0 Å². The molecule has 1 rings (SSSR count). The number of nitrogens with two attached hydrogens (primary N) is 1. The Hall–Kier alpha value is -2.26. The van der Waals surface area contributed by atoms with Crippen molar-refractivity contribution in [2.24, 2.45) is 11.7 Å². The van der Waals surface area contributed by atoms with Gasteiger partial charge in [0.25, 0.3) is 0 Å². The highest BCUT2D eigenvalue weighted by Gasteiger charge is 2.29. The highest BCUT2D eigenvalue weighted by atomic mass is 32.1. The van der Waals surface area contributed by atoms with E-state index >= 15 is 0 Å². The summed E-state index contributed by atoms with van der Waals surface area (Å²) in [6.07, 6.45) is 0. The number of hydrogen-bond donors (Lipinski definition) is 6. The summed E-state index contributed by atoms with van der Waals surface area (Å²) >= 11 is 4.03. The summed E-state index contributed by atoms with van der Waals surface area (Å²) in [6.45, 7) is 3.32. The van der Waals surface area contributed by atoms with Crippen LogP contribution in [0, 0.1) is 5.92 Å². The summed E-state index contributed by atoms with van der Waals surface area (Å²) in [5.74, 6) is -2.73. The number of nitrogens with one attached hydrogen (secondary N) is 2. The summed E-state index contributed by atoms with van der Waals surface area (Å²) in [6, 6.07) is 2.63. The second-order valence-electron chi connectivity index (χ2n) is 5.88. The SMILES string of the molecule is CC(C)[C@H](NC(=O)[C@H](CS)NC(=O)C(N)c1ccc(O)cc1)C(=O)O. The molecule has 9 heteroatoms. The molecule has 1 aromatic rings. The summed E-state index contributed by atoms with van der Waals surface area (Å²) in [5.41, 5.74) is 6.30. The Balaban J connectivity index is 2.76. The number of carboxylic acids is 1. The van der Waals surface area contributed by atoms with Gasteiger partial charge in [-0.3, -0.25) is 9.59 Å². The smallest absolute Gasteiger partial charge is 0.326 e. The molecule has 0 fully saturated rings. The van der Waals surface area contributed by atoms with Crippen molar-refractivity contribution in [2.75, 3.05) is 5.75 Å². The molecular weight excluding hydrogens is 346 g/mol. The van der Waals surface area contributed by atoms with Crippen molar-refractivity contribution in [1.82, 2.24) is 10.6 Å². The molecule has 0 aliphatic rings. The number of hydrogen-bond acceptors (Lipinski definition) is 6. The maximum atomic E-state index is 12.2. The lowest BCUT2D eigenvalue weighted by Crippen LogP contribution is -2.55. The van der Waals surface area contributed by atoms with Crippen LogP contribution in [0.5, 0.6) is 5.75 Å². The highest BCUT2D eigenvalue weighted by Crippen LogP contribution is 2.15. The number of benzene rings is 1. The van der Waals surface area contributed by atoms with Gasteiger partial charge in [0.2, 0.25) is 11.8 Å². The largest absolute Gasteiger partial charge is 0.508 e. The van der Waals surface area contributed by atoms with Crippen LogP contribution >= 0.6 is 12.6 Å². The predicted octanol–water partition coefficient (Wildman–Crippen LogP) is 0.0320. The number of phenolic OH excluding ortho intramolecular Hbond substituents is 1. The van der Waals surface area contributed by atoms with Gasteiger partial charge in [-0.25, -0.2) is 4.79 Å². The zero-order valence-electron chi connectivity index (χ0n) is 14.0. The molecule has 0 heterocycles. The molecular formula is C16H23N3O5S. The monoisotopic (exact) mass is 369 g/mol. The molecule has 0 radical (unpaired) electrons. The number of thiol groups is 1. The minimum Gasteiger partial charge on any atom is -0.508 e. The first-order chi connectivity index (χ1) is 11.7. The zero-order chi connectivity index (χ0) is 19.1. The normalized spacial score (nSPS) is 14.4. The van der Waals surface area contributed by atoms with Crippen molar-refractivity contribution < 1.29 is 24.6 Å². The summed E-state index contributed by atoms with van der Waals surface area (Å²) in [4.78, 5) is 35.6. The topological polar surface area (TPSA) is 142 Å². The van der Waals surface area contributed by atoms with Crippen LogP contribution in [0.4, 0.5) is 0 Å². The lowest BCUT2D eigenvalue weighted by atomic mass is 10.0. The number of phenols is 1. The lowest BCUT2D eigenvalue weighted by molar-refractivity contribution is -0.143. The van der Waals surface area contributed by atoms with E-state index in [1.54, 1.807) is 13.8 Å². The zero-order valence-corrected chi connectivity index (χ0v) is 14.9. The molecule has 0 saturated heterocycles. The van der Waals surface area contributed by atoms with Gasteiger partial charge >= 0.3 is 5.97 Å². The fourth-order valence-corrected chi connectivity index (χ4v) is 2.31. The van der Waals surface area contributed by atoms with Crippen LogP contribution in [0.15, 0.2) is 24.3 Å². The van der Waals surface area contributed by atoms with Crippen LogP contribution in [0.1, 0.15) is 25.5 Å². The van der Waals surface area contributed by atoms with Gasteiger partial charge in [0.1, 0.15) is 23.9 Å². The summed E-state index contributed by atoms with van der Waals surface area (Å²) in [5, 5.41) is 23.2. The van der Waals surface area contributed by atoms with Gasteiger partial charge in [-0.15, -0.1) is 0 Å². The maximum absolute atomic E-state index is 12.2. The molecule has 0 aliphatic heterocycles. The summed E-state index contributed by atoms with van der Waals surface area (Å²) in [7, 11) is 0. The van der Waals surface area contributed by atoms with Crippen molar-refractivity contribution in [2.45, 2.75) is 32.0 Å². The van der Waals surface area contributed by atoms with E-state index in [0.29, 0.717) is 5.56 Å². The Labute approximate surface area is 151 Å². The standard InChI is InChI=1S/C16H23N3O5S/c1-8(2)13(16(23)24)19-14(21)11(7-25)18-15(22)12(17)9-3-5-10(20)6-4-9/h3-6,8,11-13,20,25H,7,17H2,1-2H3,(H,18,22)(H,19,21)(H,23,24)/t11-,12?,13-/m0/s1. The van der Waals surface area contributed by atoms with Gasteiger partial charge in [0.05, 0.1) is 0 Å². The Morgan fingerprint density at radius 1 is 1.12 bits per heavy atom. The fourth-order valence-electron chi connectivity index (χ4n) is 2.06. The van der Waals surface area contributed by atoms with Gasteiger partial charge in [0, 0.05) is 5.75 Å². The minimum absolute atomic E-state index is 0.0235. The van der Waals surface area contributed by atoms with Crippen molar-refractivity contribution in [1.29, 1.82) is 0 Å². The molecule has 25 heavy (non-hydrogen) atoms. The maximum Gasteiger partial charge on any atom is 0.326 e. The van der Waals surface area contributed by atoms with E-state index in [-0.39, 0.29) is 17.4 Å². The van der Waals surface area contributed by atoms with Crippen molar-refractivity contribution in [3.63, 3.8) is 0 Å². The van der Waals surface area contributed by atoms with E-state index in [0.717, 1.165) is 0 Å². The molecule has 0 spiro atoms. The van der Waals surface area contributed by atoms with Gasteiger partial charge in [-0.2, -0.15) is 12.6 Å². The first-order valence-corrected chi connectivity index (χ1v) is 8.29. The van der Waals surface area contributed by atoms with Gasteiger partial charge in [0.15, 0.2) is 0 Å². The van der Waals surface area contributed by atoms with Crippen molar-refractivity contribution in [3.05, 3.63) is 29.8 Å². The number of aliphatic carboxylic acids is 1. The Morgan fingerprint density at radius 2 is 1.68 bits per heavy atom. The number of amides is 2. The van der Waals surface area contributed by atoms with Crippen molar-refractivity contribution >= 4 is 30.4 Å². The molecule has 0 aromatic heterocycles. The van der Waals surface area contributed by atoms with Crippen molar-refractivity contribution in [3.8, 4) is 5.75 Å². The Bertz CT molecular complexity index is 621. The molecule has 1 unspecified atom stereocenters. The van der Waals surface area contributed by atoms with Crippen LogP contribution in [0.2, 0.25) is 0 Å². The molecule has 3 atom stereocenters. The molecule has 8 nitrogen and oxygen atoms in total. The third-order valence-corrected chi connectivity index (χ3v) is 3.95. The average Bonchev–Trinajstić information content (AvgIpc) is 2.56. The van der Waals surface area contributed by atoms with E-state index in [2.05, 4.69) is 23.3 Å². The number of carbonyl (C=O) groups is 3. The molecule has 138 valence electrons. The first kappa shape index (κ1) is 20.8. The van der Waals surface area contributed by atoms with Crippen LogP contribution in [0.3, 0.4) is 0 Å². The van der Waals surface area contributed by atoms with Crippen LogP contribution in [-0.4, -0.2) is 45.8 Å². The second kappa shape index (κ2) is 9.28. The van der Waals surface area contributed by atoms with E-state index in [4.69, 9.17) is 10.8 Å². The van der Waals surface area contributed by atoms with E-state index in [1.807, 2.05) is 0 Å². The molecule has 0 aliphatic carbocycles. The molecule has 0 bridgehead atoms. The molecule has 6 N–H and O–H groups in total. The van der Waals surface area contributed by atoms with Gasteiger partial charge < -0.3 is 26.6 Å². The summed E-state index contributed by atoms with van der Waals surface area (Å²) < 4.78 is 0. The third kappa shape index (κ3) is 5.95. The Morgan fingerprint density at radius 3 is 2.12 bits per heavy atom. The number of aromatic hydroxyl groups is 1. The van der Waals surface area contributed by atoms with Crippen LogP contribution < -0.4 is 16.4 Å². The van der Waals surface area contributed by atoms with E-state index < -0.39 is 35.9 Å². The van der Waals surface area contributed by atoms with E-state index in [9.17, 15) is 19.5 Å². The molecule has 1 aromatic carbocycles. The minimum atomic E-state index is -1.16. The van der Waals surface area contributed by atoms with E-state index in [1.165, 1.54) is 24.3 Å². The lowest BCUT2D eigenvalue weighted by Gasteiger charge is -2.23. The third-order valence-electron chi connectivity index (χ3n) is 3.58. The van der Waals surface area contributed by atoms with Crippen LogP contribution in [0.25, 0.3) is 0 Å². The van der Waals surface area contributed by atoms with Crippen LogP contribution in [-0.2, 0) is 14.4 Å². The number of carboxylic acid groups (broad SMARTS) is 1. The quantitative estimate of drug-likeness (QED) is 0.357. The number of carbonyl (C=O) groups excluding carboxylic acids is 2. The second-order valence-corrected chi connectivity index (χ2v) is 6.25. The molecule has 0 saturated carbocycles. The van der Waals surface area contributed by atoms with Gasteiger partial charge in [-0.05, 0) is 23.6 Å². The molecule has 2 amide bonds. The fraction of sp³-hybridized carbons (Fsp3) is 0.438. The Kier molecular flexibility index (Phi) is 7.72. The predicted molar refractivity (Wildman–Crippen MR) is 95.2 cm³/mol. The first-order valence-electron chi connectivity index (χ1n) is 7.66. The highest BCUT2D eigenvalue weighted by molar-refractivity contribution is 7.80. The average molecular weight is 369 g/mol.